The molecule has 4 N–H and O–H groups in total. The van der Waals surface area contributed by atoms with Crippen molar-refractivity contribution in [1.82, 2.24) is 31.1 Å². The largest absolute Gasteiger partial charge is 0.347 e. The van der Waals surface area contributed by atoms with E-state index < -0.39 is 47.2 Å². The first-order chi connectivity index (χ1) is 27.0. The van der Waals surface area contributed by atoms with Gasteiger partial charge in [-0.15, -0.1) is 0 Å². The molecule has 7 rings (SSSR count). The van der Waals surface area contributed by atoms with Crippen molar-refractivity contribution in [1.29, 1.82) is 0 Å². The fourth-order valence-corrected chi connectivity index (χ4v) is 12.4. The van der Waals surface area contributed by atoms with Crippen molar-refractivity contribution >= 4 is 35.3 Å². The maximum absolute atomic E-state index is 15.2. The molecule has 7 fully saturated rings. The summed E-state index contributed by atoms with van der Waals surface area (Å²) < 4.78 is 0. The molecule has 6 atom stereocenters. The molecule has 2 saturated heterocycles. The Morgan fingerprint density at radius 2 is 1.39 bits per heavy atom. The van der Waals surface area contributed by atoms with Crippen LogP contribution in [0.5, 0.6) is 0 Å². The summed E-state index contributed by atoms with van der Waals surface area (Å²) in [5.41, 5.74) is -1.02. The fourth-order valence-electron chi connectivity index (χ4n) is 12.4. The molecule has 0 aromatic rings. The summed E-state index contributed by atoms with van der Waals surface area (Å²) in [6.45, 7) is 13.6. The third-order valence-electron chi connectivity index (χ3n) is 16.2. The molecule has 0 radical (unpaired) electrons. The molecule has 5 aliphatic carbocycles. The van der Waals surface area contributed by atoms with Crippen LogP contribution in [0.3, 0.4) is 0 Å². The topological polar surface area (TPSA) is 157 Å². The van der Waals surface area contributed by atoms with Crippen molar-refractivity contribution in [3.05, 3.63) is 0 Å². The Kier molecular flexibility index (Phi) is 12.0. The molecule has 5 amide bonds. The highest BCUT2D eigenvalue weighted by atomic mass is 16.2. The van der Waals surface area contributed by atoms with Crippen LogP contribution in [0, 0.1) is 27.6 Å². The minimum Gasteiger partial charge on any atom is -0.347 e. The van der Waals surface area contributed by atoms with Gasteiger partial charge in [-0.3, -0.25) is 33.7 Å². The smallest absolute Gasteiger partial charge is 0.289 e. The van der Waals surface area contributed by atoms with Crippen LogP contribution in [0.25, 0.3) is 0 Å². The predicted molar refractivity (Wildman–Crippen MR) is 218 cm³/mol. The van der Waals surface area contributed by atoms with Crippen molar-refractivity contribution in [3.8, 4) is 0 Å². The predicted octanol–water partition coefficient (Wildman–Crippen LogP) is 4.92. The van der Waals surface area contributed by atoms with Crippen molar-refractivity contribution in [2.75, 3.05) is 13.1 Å². The Morgan fingerprint density at radius 1 is 0.737 bits per heavy atom. The van der Waals surface area contributed by atoms with Gasteiger partial charge in [-0.05, 0) is 106 Å². The molecule has 12 heteroatoms. The first-order valence-electron chi connectivity index (χ1n) is 22.9. The standard InChI is InChI=1S/C45H72N6O6/c1-7-15-31(35(52)40(56)46-29-21-22-29)47-38(54)33-26-45(43(5,6)44(45)23-14-24-44)27-51(33)41(57)36(42(2,3)4)49-39(55)34(28-16-9-8-10-17-28)48-37(53)32-20-13-25-50(32)30-18-11-12-19-30/h28-34,36H,7-27H2,1-6H3,(H,46,56)(H,47,54)(H,48,53)(H,49,55)/t31-,32+,33-,34-,36+,45+/m0/s1. The first-order valence-corrected chi connectivity index (χ1v) is 22.9. The van der Waals surface area contributed by atoms with E-state index in [4.69, 9.17) is 0 Å². The van der Waals surface area contributed by atoms with E-state index in [1.54, 1.807) is 4.90 Å². The van der Waals surface area contributed by atoms with Crippen LogP contribution >= 0.6 is 0 Å². The van der Waals surface area contributed by atoms with Gasteiger partial charge in [-0.25, -0.2) is 0 Å². The van der Waals surface area contributed by atoms with Gasteiger partial charge in [-0.1, -0.05) is 86.5 Å². The fraction of sp³-hybridized carbons (Fsp3) is 0.867. The van der Waals surface area contributed by atoms with E-state index in [1.165, 1.54) is 12.8 Å². The van der Waals surface area contributed by atoms with E-state index in [0.29, 0.717) is 31.8 Å². The quantitative estimate of drug-likeness (QED) is 0.182. The van der Waals surface area contributed by atoms with Crippen LogP contribution < -0.4 is 21.3 Å². The third-order valence-corrected chi connectivity index (χ3v) is 16.2. The summed E-state index contributed by atoms with van der Waals surface area (Å²) in [6.07, 6.45) is 17.5. The molecule has 0 unspecified atom stereocenters. The summed E-state index contributed by atoms with van der Waals surface area (Å²) in [7, 11) is 0. The third kappa shape index (κ3) is 7.79. The molecular weight excluding hydrogens is 721 g/mol. The van der Waals surface area contributed by atoms with E-state index in [2.05, 4.69) is 40.0 Å². The minimum atomic E-state index is -0.984. The number of carbonyl (C=O) groups excluding carboxylic acids is 6. The lowest BCUT2D eigenvalue weighted by molar-refractivity contribution is -0.145. The number of rotatable bonds is 14. The molecule has 5 saturated carbocycles. The molecule has 318 valence electrons. The second-order valence-electron chi connectivity index (χ2n) is 20.8. The van der Waals surface area contributed by atoms with E-state index in [0.717, 1.165) is 96.4 Å². The van der Waals surface area contributed by atoms with E-state index in [1.807, 2.05) is 27.7 Å². The highest BCUT2D eigenvalue weighted by Gasteiger charge is 2.85. The number of nitrogens with one attached hydrogen (secondary N) is 4. The lowest BCUT2D eigenvalue weighted by Crippen LogP contribution is -2.62. The number of Topliss-reactive ketones (excluding diaryl/α,β-unsaturated/α-hetero) is 1. The van der Waals surface area contributed by atoms with Gasteiger partial charge in [0.2, 0.25) is 29.4 Å². The first kappa shape index (κ1) is 42.1. The zero-order valence-electron chi connectivity index (χ0n) is 35.8. The van der Waals surface area contributed by atoms with E-state index in [9.17, 15) is 24.0 Å². The van der Waals surface area contributed by atoms with Crippen molar-refractivity contribution in [2.24, 2.45) is 27.6 Å². The maximum Gasteiger partial charge on any atom is 0.289 e. The summed E-state index contributed by atoms with van der Waals surface area (Å²) >= 11 is 0. The Balaban J connectivity index is 1.13. The number of hydrogen-bond acceptors (Lipinski definition) is 7. The molecular formula is C45H72N6O6. The van der Waals surface area contributed by atoms with Crippen LogP contribution in [0.1, 0.15) is 164 Å². The van der Waals surface area contributed by atoms with Crippen LogP contribution in [0.4, 0.5) is 0 Å². The Bertz CT molecular complexity index is 1570. The summed E-state index contributed by atoms with van der Waals surface area (Å²) in [6, 6.07) is -3.35. The van der Waals surface area contributed by atoms with Crippen molar-refractivity contribution in [2.45, 2.75) is 206 Å². The number of nitrogens with zero attached hydrogens (tertiary/aromatic N) is 2. The molecule has 57 heavy (non-hydrogen) atoms. The average molecular weight is 793 g/mol. The van der Waals surface area contributed by atoms with Gasteiger partial charge >= 0.3 is 0 Å². The number of hydrogen-bond donors (Lipinski definition) is 4. The molecule has 2 aliphatic heterocycles. The second-order valence-corrected chi connectivity index (χ2v) is 20.8. The molecule has 0 aromatic heterocycles. The molecule has 0 bridgehead atoms. The van der Waals surface area contributed by atoms with Gasteiger partial charge in [-0.2, -0.15) is 0 Å². The number of carbonyl (C=O) groups is 6. The lowest BCUT2D eigenvalue weighted by atomic mass is 9.73. The lowest BCUT2D eigenvalue weighted by Gasteiger charge is -2.38. The monoisotopic (exact) mass is 793 g/mol. The number of likely N-dealkylation sites (tertiary alicyclic amines) is 2. The van der Waals surface area contributed by atoms with Crippen molar-refractivity contribution < 1.29 is 28.8 Å². The van der Waals surface area contributed by atoms with Gasteiger partial charge in [0, 0.05) is 24.0 Å². The SMILES string of the molecule is CCC[C@H](NC(=O)[C@@H]1C[C@@]2(CN1C(=O)[C@@H](NC(=O)[C@@H](NC(=O)[C@H]1CCCN1C1CCCC1)C1CCCCC1)C(C)(C)C)C(C)(C)C21CCC1)C(=O)C(=O)NC1CC1. The van der Waals surface area contributed by atoms with Crippen LogP contribution in [-0.4, -0.2) is 101 Å². The Hall–Kier alpha value is -3.02. The Morgan fingerprint density at radius 3 is 1.96 bits per heavy atom. The van der Waals surface area contributed by atoms with Gasteiger partial charge < -0.3 is 26.2 Å². The summed E-state index contributed by atoms with van der Waals surface area (Å²) in [4.78, 5) is 88.8. The number of ketones is 1. The van der Waals surface area contributed by atoms with Crippen molar-refractivity contribution in [3.63, 3.8) is 0 Å². The minimum absolute atomic E-state index is 0.0166. The number of fused-ring (bicyclic) bond motifs is 1. The Labute approximate surface area is 340 Å². The molecule has 7 aliphatic rings. The highest BCUT2D eigenvalue weighted by molar-refractivity contribution is 6.38. The van der Waals surface area contributed by atoms with E-state index >= 15 is 4.79 Å². The van der Waals surface area contributed by atoms with Gasteiger partial charge in [0.15, 0.2) is 0 Å². The molecule has 12 nitrogen and oxygen atoms in total. The number of amides is 5. The maximum atomic E-state index is 15.2. The van der Waals surface area contributed by atoms with Gasteiger partial charge in [0.05, 0.1) is 12.1 Å². The van der Waals surface area contributed by atoms with Gasteiger partial charge in [0.1, 0.15) is 18.1 Å². The van der Waals surface area contributed by atoms with Gasteiger partial charge in [0.25, 0.3) is 5.91 Å². The van der Waals surface area contributed by atoms with E-state index in [-0.39, 0.29) is 52.0 Å². The summed E-state index contributed by atoms with van der Waals surface area (Å²) in [5.74, 6) is -2.48. The van der Waals surface area contributed by atoms with Crippen LogP contribution in [-0.2, 0) is 28.8 Å². The normalized spacial score (nSPS) is 30.0. The van der Waals surface area contributed by atoms with Crippen LogP contribution in [0.2, 0.25) is 0 Å². The van der Waals surface area contributed by atoms with Crippen LogP contribution in [0.15, 0.2) is 0 Å². The highest BCUT2D eigenvalue weighted by Crippen LogP contribution is 2.88. The average Bonchev–Trinajstić information content (AvgIpc) is 3.64. The zero-order chi connectivity index (χ0) is 40.9. The summed E-state index contributed by atoms with van der Waals surface area (Å²) in [5, 5.41) is 12.2. The molecule has 0 aromatic carbocycles. The zero-order valence-corrected chi connectivity index (χ0v) is 35.8. The second kappa shape index (κ2) is 16.2. The molecule has 2 spiro atoms. The molecule has 2 heterocycles.